The molecular weight excluding hydrogens is 424 g/mol. The Morgan fingerprint density at radius 1 is 1.16 bits per heavy atom. The van der Waals surface area contributed by atoms with Crippen molar-refractivity contribution in [2.24, 2.45) is 5.92 Å². The third-order valence-electron chi connectivity index (χ3n) is 6.29. The van der Waals surface area contributed by atoms with Gasteiger partial charge in [-0.25, -0.2) is 4.98 Å². The lowest BCUT2D eigenvalue weighted by molar-refractivity contribution is -0.116. The summed E-state index contributed by atoms with van der Waals surface area (Å²) in [4.78, 5) is 22.3. The van der Waals surface area contributed by atoms with Crippen molar-refractivity contribution in [1.29, 1.82) is 0 Å². The standard InChI is InChI=1S/C24H30N4O3S/c1-27-9-11-28(12-10-27)23-20(31-15-16-3-4-16)14-22(26-24(23)30-2)32-18-7-5-17-6-8-21(29)25-19(17)13-18/h5,7,13-14,16H,3-4,6,8-12,15H2,1-2H3,(H,25,29). The molecule has 1 saturated heterocycles. The Labute approximate surface area is 193 Å². The topological polar surface area (TPSA) is 66.9 Å². The van der Waals surface area contributed by atoms with Crippen molar-refractivity contribution in [3.05, 3.63) is 29.8 Å². The van der Waals surface area contributed by atoms with Gasteiger partial charge >= 0.3 is 0 Å². The number of hydrogen-bond donors (Lipinski definition) is 1. The lowest BCUT2D eigenvalue weighted by atomic mass is 10.0. The van der Waals surface area contributed by atoms with Gasteiger partial charge in [0, 0.05) is 49.2 Å². The van der Waals surface area contributed by atoms with E-state index in [0.717, 1.165) is 66.3 Å². The summed E-state index contributed by atoms with van der Waals surface area (Å²) in [5.41, 5.74) is 3.04. The molecule has 1 aliphatic carbocycles. The molecule has 3 heterocycles. The van der Waals surface area contributed by atoms with Crippen LogP contribution in [-0.2, 0) is 11.2 Å². The average Bonchev–Trinajstić information content (AvgIpc) is 3.62. The number of anilines is 2. The number of nitrogens with zero attached hydrogens (tertiary/aromatic N) is 3. The minimum absolute atomic E-state index is 0.0757. The number of aromatic nitrogens is 1. The number of hydrogen-bond acceptors (Lipinski definition) is 7. The number of nitrogens with one attached hydrogen (secondary N) is 1. The number of benzene rings is 1. The van der Waals surface area contributed by atoms with E-state index in [1.807, 2.05) is 12.1 Å². The van der Waals surface area contributed by atoms with Crippen molar-refractivity contribution in [1.82, 2.24) is 9.88 Å². The number of ether oxygens (including phenoxy) is 2. The van der Waals surface area contributed by atoms with Crippen LogP contribution in [0.5, 0.6) is 11.6 Å². The van der Waals surface area contributed by atoms with Crippen LogP contribution in [0.25, 0.3) is 0 Å². The van der Waals surface area contributed by atoms with E-state index in [-0.39, 0.29) is 5.91 Å². The fourth-order valence-electron chi connectivity index (χ4n) is 4.12. The van der Waals surface area contributed by atoms with Crippen molar-refractivity contribution in [2.75, 3.05) is 57.2 Å². The molecule has 1 aromatic carbocycles. The zero-order valence-corrected chi connectivity index (χ0v) is 19.5. The maximum absolute atomic E-state index is 11.8. The molecule has 0 radical (unpaired) electrons. The molecule has 32 heavy (non-hydrogen) atoms. The molecule has 2 aromatic rings. The molecule has 3 aliphatic rings. The fraction of sp³-hybridized carbons (Fsp3) is 0.500. The highest BCUT2D eigenvalue weighted by Gasteiger charge is 2.27. The molecule has 2 aliphatic heterocycles. The van der Waals surface area contributed by atoms with Crippen LogP contribution >= 0.6 is 11.8 Å². The number of methoxy groups -OCH3 is 1. The number of carbonyl (C=O) groups is 1. The second kappa shape index (κ2) is 9.19. The van der Waals surface area contributed by atoms with E-state index in [1.54, 1.807) is 18.9 Å². The molecule has 0 spiro atoms. The van der Waals surface area contributed by atoms with Crippen LogP contribution < -0.4 is 19.7 Å². The number of rotatable bonds is 7. The maximum atomic E-state index is 11.8. The van der Waals surface area contributed by atoms with Gasteiger partial charge in [-0.1, -0.05) is 17.8 Å². The van der Waals surface area contributed by atoms with Gasteiger partial charge in [-0.3, -0.25) is 4.79 Å². The Morgan fingerprint density at radius 3 is 2.72 bits per heavy atom. The third-order valence-corrected chi connectivity index (χ3v) is 7.19. The lowest BCUT2D eigenvalue weighted by Gasteiger charge is -2.35. The number of piperazine rings is 1. The predicted octanol–water partition coefficient (Wildman–Crippen LogP) is 3.67. The minimum Gasteiger partial charge on any atom is -0.491 e. The maximum Gasteiger partial charge on any atom is 0.242 e. The number of likely N-dealkylation sites (N-methyl/N-ethyl adjacent to an activating group) is 1. The van der Waals surface area contributed by atoms with Crippen LogP contribution in [0.2, 0.25) is 0 Å². The predicted molar refractivity (Wildman–Crippen MR) is 126 cm³/mol. The second-order valence-corrected chi connectivity index (χ2v) is 9.92. The van der Waals surface area contributed by atoms with Crippen LogP contribution in [-0.4, -0.2) is 62.7 Å². The van der Waals surface area contributed by atoms with Gasteiger partial charge in [-0.05, 0) is 49.9 Å². The molecule has 8 heteroatoms. The first-order valence-electron chi connectivity index (χ1n) is 11.3. The van der Waals surface area contributed by atoms with Crippen LogP contribution in [0.4, 0.5) is 11.4 Å². The SMILES string of the molecule is COc1nc(Sc2ccc3c(c2)NC(=O)CC3)cc(OCC2CC2)c1N1CCN(C)CC1. The van der Waals surface area contributed by atoms with Crippen molar-refractivity contribution >= 4 is 29.0 Å². The van der Waals surface area contributed by atoms with Crippen LogP contribution in [0.1, 0.15) is 24.8 Å². The molecule has 0 unspecified atom stereocenters. The van der Waals surface area contributed by atoms with E-state index in [2.05, 4.69) is 34.3 Å². The molecule has 1 N–H and O–H groups in total. The number of aryl methyl sites for hydroxylation is 1. The average molecular weight is 455 g/mol. The van der Waals surface area contributed by atoms with Gasteiger partial charge in [0.2, 0.25) is 11.8 Å². The van der Waals surface area contributed by atoms with Gasteiger partial charge in [0.05, 0.1) is 13.7 Å². The Morgan fingerprint density at radius 2 is 1.97 bits per heavy atom. The van der Waals surface area contributed by atoms with E-state index in [0.29, 0.717) is 18.2 Å². The molecule has 2 fully saturated rings. The molecule has 1 aromatic heterocycles. The van der Waals surface area contributed by atoms with Crippen molar-refractivity contribution in [3.63, 3.8) is 0 Å². The van der Waals surface area contributed by atoms with E-state index in [4.69, 9.17) is 14.5 Å². The molecule has 170 valence electrons. The zero-order chi connectivity index (χ0) is 22.1. The summed E-state index contributed by atoms with van der Waals surface area (Å²) in [5.74, 6) is 2.19. The Bertz CT molecular complexity index is 1000. The van der Waals surface area contributed by atoms with Crippen LogP contribution in [0.3, 0.4) is 0 Å². The van der Waals surface area contributed by atoms with E-state index < -0.39 is 0 Å². The lowest BCUT2D eigenvalue weighted by Crippen LogP contribution is -2.44. The zero-order valence-electron chi connectivity index (χ0n) is 18.7. The summed E-state index contributed by atoms with van der Waals surface area (Å²) in [6.45, 7) is 4.59. The molecule has 0 bridgehead atoms. The van der Waals surface area contributed by atoms with Crippen LogP contribution in [0.15, 0.2) is 34.2 Å². The summed E-state index contributed by atoms with van der Waals surface area (Å²) in [6.07, 6.45) is 3.83. The number of fused-ring (bicyclic) bond motifs is 1. The quantitative estimate of drug-likeness (QED) is 0.685. The Kier molecular flexibility index (Phi) is 6.15. The highest BCUT2D eigenvalue weighted by molar-refractivity contribution is 7.99. The van der Waals surface area contributed by atoms with E-state index in [9.17, 15) is 4.79 Å². The summed E-state index contributed by atoms with van der Waals surface area (Å²) in [6, 6.07) is 8.26. The van der Waals surface area contributed by atoms with Gasteiger partial charge in [0.1, 0.15) is 10.7 Å². The second-order valence-electron chi connectivity index (χ2n) is 8.83. The fourth-order valence-corrected chi connectivity index (χ4v) is 4.97. The van der Waals surface area contributed by atoms with E-state index in [1.165, 1.54) is 18.4 Å². The van der Waals surface area contributed by atoms with Crippen molar-refractivity contribution in [2.45, 2.75) is 35.6 Å². The highest BCUT2D eigenvalue weighted by Crippen LogP contribution is 2.43. The van der Waals surface area contributed by atoms with Crippen molar-refractivity contribution in [3.8, 4) is 11.6 Å². The molecule has 1 saturated carbocycles. The molecule has 0 atom stereocenters. The number of pyridine rings is 1. The van der Waals surface area contributed by atoms with Gasteiger partial charge in [-0.15, -0.1) is 0 Å². The van der Waals surface area contributed by atoms with Gasteiger partial charge in [-0.2, -0.15) is 0 Å². The summed E-state index contributed by atoms with van der Waals surface area (Å²) in [5, 5.41) is 3.81. The van der Waals surface area contributed by atoms with Gasteiger partial charge in [0.15, 0.2) is 5.75 Å². The minimum atomic E-state index is 0.0757. The molecule has 5 rings (SSSR count). The van der Waals surface area contributed by atoms with Gasteiger partial charge < -0.3 is 24.6 Å². The summed E-state index contributed by atoms with van der Waals surface area (Å²) in [7, 11) is 3.83. The molecule has 1 amide bonds. The first kappa shape index (κ1) is 21.4. The smallest absolute Gasteiger partial charge is 0.242 e. The monoisotopic (exact) mass is 454 g/mol. The summed E-state index contributed by atoms with van der Waals surface area (Å²) < 4.78 is 12.1. The van der Waals surface area contributed by atoms with Gasteiger partial charge in [0.25, 0.3) is 0 Å². The summed E-state index contributed by atoms with van der Waals surface area (Å²) >= 11 is 1.56. The normalized spacial score (nSPS) is 18.8. The number of carbonyl (C=O) groups excluding carboxylic acids is 1. The Balaban J connectivity index is 1.44. The first-order valence-corrected chi connectivity index (χ1v) is 12.2. The third kappa shape index (κ3) is 4.81. The largest absolute Gasteiger partial charge is 0.491 e. The molecule has 7 nitrogen and oxygen atoms in total. The Hall–Kier alpha value is -2.45. The molecular formula is C24H30N4O3S. The number of amides is 1. The van der Waals surface area contributed by atoms with Crippen molar-refractivity contribution < 1.29 is 14.3 Å². The highest BCUT2D eigenvalue weighted by atomic mass is 32.2. The van der Waals surface area contributed by atoms with Crippen LogP contribution in [0, 0.1) is 5.92 Å². The van der Waals surface area contributed by atoms with E-state index >= 15 is 0 Å². The first-order chi connectivity index (χ1) is 15.6.